The van der Waals surface area contributed by atoms with Gasteiger partial charge in [-0.1, -0.05) is 6.42 Å². The van der Waals surface area contributed by atoms with Crippen molar-refractivity contribution in [2.24, 2.45) is 0 Å². The fourth-order valence-corrected chi connectivity index (χ4v) is 3.33. The van der Waals surface area contributed by atoms with Crippen LogP contribution in [0, 0.1) is 12.7 Å². The number of rotatable bonds is 1. The molecule has 2 N–H and O–H groups in total. The third-order valence-electron chi connectivity index (χ3n) is 4.49. The van der Waals surface area contributed by atoms with Gasteiger partial charge in [0.1, 0.15) is 5.82 Å². The fraction of sp³-hybridized carbons (Fsp3) is 0.600. The minimum Gasteiger partial charge on any atom is -0.397 e. The number of hydrogen-bond donors (Lipinski definition) is 1. The Bertz CT molecular complexity index is 475. The summed E-state index contributed by atoms with van der Waals surface area (Å²) in [6, 6.07) is 3.99. The molecule has 19 heavy (non-hydrogen) atoms. The summed E-state index contributed by atoms with van der Waals surface area (Å²) in [5.74, 6) is -0.211. The first-order chi connectivity index (χ1) is 9.15. The number of nitrogens with zero attached hydrogens (tertiary/aromatic N) is 2. The zero-order chi connectivity index (χ0) is 13.4. The van der Waals surface area contributed by atoms with Gasteiger partial charge in [0.2, 0.25) is 0 Å². The van der Waals surface area contributed by atoms with Crippen molar-refractivity contribution >= 4 is 11.4 Å². The van der Waals surface area contributed by atoms with Crippen LogP contribution in [0.3, 0.4) is 0 Å². The van der Waals surface area contributed by atoms with E-state index in [2.05, 4.69) is 9.80 Å². The van der Waals surface area contributed by atoms with E-state index in [4.69, 9.17) is 5.73 Å². The van der Waals surface area contributed by atoms with E-state index in [9.17, 15) is 4.39 Å². The number of piperidine rings is 1. The molecule has 104 valence electrons. The number of fused-ring (bicyclic) bond motifs is 1. The smallest absolute Gasteiger partial charge is 0.128 e. The van der Waals surface area contributed by atoms with Crippen molar-refractivity contribution < 1.29 is 4.39 Å². The Morgan fingerprint density at radius 1 is 1.21 bits per heavy atom. The molecule has 4 heteroatoms. The molecule has 0 saturated carbocycles. The number of nitrogens with two attached hydrogens (primary N) is 1. The van der Waals surface area contributed by atoms with Crippen LogP contribution in [0.4, 0.5) is 15.8 Å². The Hall–Kier alpha value is -1.29. The van der Waals surface area contributed by atoms with Gasteiger partial charge in [-0.05, 0) is 44.0 Å². The Balaban J connectivity index is 1.81. The Labute approximate surface area is 114 Å². The predicted molar refractivity (Wildman–Crippen MR) is 77.0 cm³/mol. The zero-order valence-corrected chi connectivity index (χ0v) is 11.5. The molecule has 2 aliphatic heterocycles. The van der Waals surface area contributed by atoms with Gasteiger partial charge in [-0.3, -0.25) is 4.90 Å². The van der Waals surface area contributed by atoms with Crippen LogP contribution in [0.2, 0.25) is 0 Å². The molecule has 0 spiro atoms. The lowest BCUT2D eigenvalue weighted by Crippen LogP contribution is -2.55. The molecule has 0 aliphatic carbocycles. The topological polar surface area (TPSA) is 32.5 Å². The summed E-state index contributed by atoms with van der Waals surface area (Å²) in [5.41, 5.74) is 8.24. The fourth-order valence-electron chi connectivity index (χ4n) is 3.33. The van der Waals surface area contributed by atoms with Crippen LogP contribution < -0.4 is 10.6 Å². The van der Waals surface area contributed by atoms with Gasteiger partial charge in [0, 0.05) is 25.7 Å². The molecule has 1 aromatic rings. The summed E-state index contributed by atoms with van der Waals surface area (Å²) in [6.45, 7) is 6.15. The van der Waals surface area contributed by atoms with Crippen molar-refractivity contribution in [2.75, 3.05) is 36.8 Å². The molecule has 2 saturated heterocycles. The number of halogens is 1. The van der Waals surface area contributed by atoms with Crippen molar-refractivity contribution in [2.45, 2.75) is 32.2 Å². The van der Waals surface area contributed by atoms with E-state index in [1.807, 2.05) is 6.07 Å². The maximum Gasteiger partial charge on any atom is 0.128 e. The number of nitrogen functional groups attached to an aromatic ring is 1. The highest BCUT2D eigenvalue weighted by atomic mass is 19.1. The second kappa shape index (κ2) is 5.00. The van der Waals surface area contributed by atoms with Gasteiger partial charge in [0.25, 0.3) is 0 Å². The predicted octanol–water partition coefficient (Wildman–Crippen LogP) is 2.39. The van der Waals surface area contributed by atoms with E-state index in [1.54, 1.807) is 6.92 Å². The molecular weight excluding hydrogens is 241 g/mol. The number of benzene rings is 1. The standard InChI is InChI=1S/C15H22FN3/c1-11-8-15(14(17)9-13(11)16)19-7-6-18-5-3-2-4-12(18)10-19/h8-9,12H,2-7,10,17H2,1H3. The highest BCUT2D eigenvalue weighted by Gasteiger charge is 2.29. The third-order valence-corrected chi connectivity index (χ3v) is 4.49. The van der Waals surface area contributed by atoms with Crippen LogP contribution >= 0.6 is 0 Å². The van der Waals surface area contributed by atoms with E-state index in [0.717, 1.165) is 25.3 Å². The van der Waals surface area contributed by atoms with E-state index in [1.165, 1.54) is 31.9 Å². The van der Waals surface area contributed by atoms with Crippen LogP contribution in [0.15, 0.2) is 12.1 Å². The van der Waals surface area contributed by atoms with Crippen LogP contribution in [-0.4, -0.2) is 37.1 Å². The highest BCUT2D eigenvalue weighted by Crippen LogP contribution is 2.30. The lowest BCUT2D eigenvalue weighted by molar-refractivity contribution is 0.133. The number of anilines is 2. The first-order valence-corrected chi connectivity index (χ1v) is 7.20. The quantitative estimate of drug-likeness (QED) is 0.790. The molecule has 2 aliphatic rings. The van der Waals surface area contributed by atoms with E-state index in [0.29, 0.717) is 17.3 Å². The van der Waals surface area contributed by atoms with Gasteiger partial charge in [-0.15, -0.1) is 0 Å². The third kappa shape index (κ3) is 2.41. The van der Waals surface area contributed by atoms with E-state index >= 15 is 0 Å². The lowest BCUT2D eigenvalue weighted by Gasteiger charge is -2.45. The van der Waals surface area contributed by atoms with Crippen molar-refractivity contribution in [3.05, 3.63) is 23.5 Å². The largest absolute Gasteiger partial charge is 0.397 e. The van der Waals surface area contributed by atoms with Gasteiger partial charge < -0.3 is 10.6 Å². The second-order valence-electron chi connectivity index (χ2n) is 5.79. The molecule has 0 radical (unpaired) electrons. The van der Waals surface area contributed by atoms with Crippen molar-refractivity contribution in [3.8, 4) is 0 Å². The lowest BCUT2D eigenvalue weighted by atomic mass is 9.99. The maximum atomic E-state index is 13.5. The Morgan fingerprint density at radius 2 is 2.05 bits per heavy atom. The molecule has 3 nitrogen and oxygen atoms in total. The minimum atomic E-state index is -0.211. The minimum absolute atomic E-state index is 0.211. The summed E-state index contributed by atoms with van der Waals surface area (Å²) in [6.07, 6.45) is 3.93. The van der Waals surface area contributed by atoms with E-state index < -0.39 is 0 Å². The molecule has 0 aromatic heterocycles. The normalized spacial score (nSPS) is 24.3. The first-order valence-electron chi connectivity index (χ1n) is 7.20. The number of aryl methyl sites for hydroxylation is 1. The van der Waals surface area contributed by atoms with Gasteiger partial charge in [0.05, 0.1) is 11.4 Å². The average Bonchev–Trinajstić information content (AvgIpc) is 2.42. The Kier molecular flexibility index (Phi) is 3.35. The molecule has 2 fully saturated rings. The number of hydrogen-bond acceptors (Lipinski definition) is 3. The van der Waals surface area contributed by atoms with Gasteiger partial charge in [-0.25, -0.2) is 4.39 Å². The van der Waals surface area contributed by atoms with Crippen LogP contribution in [-0.2, 0) is 0 Å². The molecule has 1 aromatic carbocycles. The monoisotopic (exact) mass is 263 g/mol. The molecule has 1 unspecified atom stereocenters. The molecule has 0 amide bonds. The molecule has 0 bridgehead atoms. The second-order valence-corrected chi connectivity index (χ2v) is 5.79. The van der Waals surface area contributed by atoms with Gasteiger partial charge in [0.15, 0.2) is 0 Å². The van der Waals surface area contributed by atoms with Gasteiger partial charge >= 0.3 is 0 Å². The Morgan fingerprint density at radius 3 is 2.89 bits per heavy atom. The molecule has 1 atom stereocenters. The molecular formula is C15H22FN3. The number of piperazine rings is 1. The van der Waals surface area contributed by atoms with Crippen molar-refractivity contribution in [1.29, 1.82) is 0 Å². The van der Waals surface area contributed by atoms with Crippen LogP contribution in [0.25, 0.3) is 0 Å². The maximum absolute atomic E-state index is 13.5. The summed E-state index contributed by atoms with van der Waals surface area (Å²) >= 11 is 0. The summed E-state index contributed by atoms with van der Waals surface area (Å²) in [5, 5.41) is 0. The van der Waals surface area contributed by atoms with Crippen LogP contribution in [0.5, 0.6) is 0 Å². The summed E-state index contributed by atoms with van der Waals surface area (Å²) in [4.78, 5) is 4.92. The van der Waals surface area contributed by atoms with Crippen LogP contribution in [0.1, 0.15) is 24.8 Å². The van der Waals surface area contributed by atoms with Crippen molar-refractivity contribution in [1.82, 2.24) is 4.90 Å². The highest BCUT2D eigenvalue weighted by molar-refractivity contribution is 5.69. The van der Waals surface area contributed by atoms with Gasteiger partial charge in [-0.2, -0.15) is 0 Å². The SMILES string of the molecule is Cc1cc(N2CCN3CCCCC3C2)c(N)cc1F. The average molecular weight is 263 g/mol. The first kappa shape index (κ1) is 12.7. The molecule has 2 heterocycles. The molecule has 3 rings (SSSR count). The summed E-state index contributed by atoms with van der Waals surface area (Å²) < 4.78 is 13.5. The summed E-state index contributed by atoms with van der Waals surface area (Å²) in [7, 11) is 0. The van der Waals surface area contributed by atoms with Crippen molar-refractivity contribution in [3.63, 3.8) is 0 Å². The zero-order valence-electron chi connectivity index (χ0n) is 11.5. The van der Waals surface area contributed by atoms with E-state index in [-0.39, 0.29) is 5.82 Å².